The molecule has 4 heteroatoms. The Labute approximate surface area is 188 Å². The first-order valence-electron chi connectivity index (χ1n) is 11.0. The molecule has 0 amide bonds. The maximum Gasteiger partial charge on any atom is 0.0468 e. The molecule has 0 bridgehead atoms. The summed E-state index contributed by atoms with van der Waals surface area (Å²) in [5, 5.41) is 8.31. The van der Waals surface area contributed by atoms with Gasteiger partial charge in [-0.1, -0.05) is 48.5 Å². The highest BCUT2D eigenvalue weighted by molar-refractivity contribution is 5.83. The van der Waals surface area contributed by atoms with Crippen LogP contribution in [0.25, 0.3) is 10.9 Å². The number of aromatic amines is 1. The molecule has 2 heterocycles. The molecule has 32 heavy (non-hydrogen) atoms. The third kappa shape index (κ3) is 4.81. The van der Waals surface area contributed by atoms with E-state index in [9.17, 15) is 0 Å². The molecule has 0 aliphatic heterocycles. The van der Waals surface area contributed by atoms with Gasteiger partial charge in [0, 0.05) is 59.0 Å². The zero-order chi connectivity index (χ0) is 21.6. The van der Waals surface area contributed by atoms with Gasteiger partial charge in [-0.2, -0.15) is 0 Å². The number of H-pyrrole nitrogens is 1. The number of nitrogens with zero attached hydrogens (tertiary/aromatic N) is 1. The third-order valence-corrected chi connectivity index (χ3v) is 5.62. The molecular formula is C28H26N4. The summed E-state index contributed by atoms with van der Waals surface area (Å²) >= 11 is 0. The van der Waals surface area contributed by atoms with Crippen LogP contribution in [0.3, 0.4) is 0 Å². The SMILES string of the molecule is c1ccc(Cc2cc(Nc3ccc(NCCc4c[nH]c5ccccc45)cc3)ccn2)cc1. The highest BCUT2D eigenvalue weighted by atomic mass is 14.9. The summed E-state index contributed by atoms with van der Waals surface area (Å²) in [7, 11) is 0. The van der Waals surface area contributed by atoms with Crippen molar-refractivity contribution in [3.05, 3.63) is 120 Å². The molecule has 3 N–H and O–H groups in total. The average Bonchev–Trinajstić information content (AvgIpc) is 3.24. The van der Waals surface area contributed by atoms with Crippen LogP contribution in [-0.4, -0.2) is 16.5 Å². The third-order valence-electron chi connectivity index (χ3n) is 5.62. The van der Waals surface area contributed by atoms with Crippen molar-refractivity contribution in [3.63, 3.8) is 0 Å². The first-order valence-corrected chi connectivity index (χ1v) is 11.0. The predicted octanol–water partition coefficient (Wildman–Crippen LogP) is 6.55. The van der Waals surface area contributed by atoms with E-state index in [1.165, 1.54) is 22.0 Å². The summed E-state index contributed by atoms with van der Waals surface area (Å²) < 4.78 is 0. The molecule has 0 saturated carbocycles. The lowest BCUT2D eigenvalue weighted by molar-refractivity contribution is 1.03. The second-order valence-electron chi connectivity index (χ2n) is 7.94. The van der Waals surface area contributed by atoms with Gasteiger partial charge in [0.1, 0.15) is 0 Å². The van der Waals surface area contributed by atoms with E-state index in [-0.39, 0.29) is 0 Å². The van der Waals surface area contributed by atoms with Crippen LogP contribution in [-0.2, 0) is 12.8 Å². The molecule has 0 aliphatic rings. The summed E-state index contributed by atoms with van der Waals surface area (Å²) in [5.41, 5.74) is 8.08. The second kappa shape index (κ2) is 9.40. The highest BCUT2D eigenvalue weighted by Crippen LogP contribution is 2.21. The lowest BCUT2D eigenvalue weighted by Crippen LogP contribution is -2.04. The number of fused-ring (bicyclic) bond motifs is 1. The standard InChI is InChI=1S/C28H26N4/c1-2-6-21(7-3-1)18-26-19-25(15-17-30-26)32-24-12-10-23(11-13-24)29-16-14-22-20-31-28-9-5-4-8-27(22)28/h1-13,15,17,19-20,29,31H,14,16,18H2,(H,30,32). The van der Waals surface area contributed by atoms with E-state index < -0.39 is 0 Å². The molecule has 5 aromatic rings. The molecule has 0 aliphatic carbocycles. The predicted molar refractivity (Wildman–Crippen MR) is 134 cm³/mol. The van der Waals surface area contributed by atoms with Crippen LogP contribution in [0, 0.1) is 0 Å². The van der Waals surface area contributed by atoms with Crippen LogP contribution < -0.4 is 10.6 Å². The van der Waals surface area contributed by atoms with E-state index in [1.807, 2.05) is 18.3 Å². The molecule has 0 atom stereocenters. The van der Waals surface area contributed by atoms with Crippen molar-refractivity contribution in [3.8, 4) is 0 Å². The number of rotatable bonds is 8. The molecular weight excluding hydrogens is 392 g/mol. The minimum atomic E-state index is 0.829. The topological polar surface area (TPSA) is 52.7 Å². The number of pyridine rings is 1. The second-order valence-corrected chi connectivity index (χ2v) is 7.94. The molecule has 2 aromatic heterocycles. The zero-order valence-electron chi connectivity index (χ0n) is 17.9. The van der Waals surface area contributed by atoms with Gasteiger partial charge in [0.15, 0.2) is 0 Å². The number of anilines is 3. The quantitative estimate of drug-likeness (QED) is 0.268. The lowest BCUT2D eigenvalue weighted by Gasteiger charge is -2.10. The van der Waals surface area contributed by atoms with Gasteiger partial charge < -0.3 is 15.6 Å². The molecule has 3 aromatic carbocycles. The molecule has 0 fully saturated rings. The van der Waals surface area contributed by atoms with E-state index in [0.717, 1.165) is 42.1 Å². The summed E-state index contributed by atoms with van der Waals surface area (Å²) in [6.45, 7) is 0.891. The Morgan fingerprint density at radius 3 is 2.41 bits per heavy atom. The van der Waals surface area contributed by atoms with Gasteiger partial charge in [0.05, 0.1) is 0 Å². The van der Waals surface area contributed by atoms with Gasteiger partial charge in [0.25, 0.3) is 0 Å². The first kappa shape index (κ1) is 19.9. The minimum Gasteiger partial charge on any atom is -0.385 e. The van der Waals surface area contributed by atoms with Gasteiger partial charge >= 0.3 is 0 Å². The average molecular weight is 419 g/mol. The number of para-hydroxylation sites is 1. The Hall–Kier alpha value is -4.05. The maximum absolute atomic E-state index is 4.51. The Kier molecular flexibility index (Phi) is 5.84. The number of hydrogen-bond donors (Lipinski definition) is 3. The van der Waals surface area contributed by atoms with Crippen molar-refractivity contribution in [2.24, 2.45) is 0 Å². The normalized spacial score (nSPS) is 10.9. The number of nitrogens with one attached hydrogen (secondary N) is 3. The molecule has 5 rings (SSSR count). The van der Waals surface area contributed by atoms with E-state index in [2.05, 4.69) is 106 Å². The summed E-state index contributed by atoms with van der Waals surface area (Å²) in [5.74, 6) is 0. The fraction of sp³-hybridized carbons (Fsp3) is 0.107. The van der Waals surface area contributed by atoms with Gasteiger partial charge in [0.2, 0.25) is 0 Å². The number of aromatic nitrogens is 2. The van der Waals surface area contributed by atoms with Gasteiger partial charge in [-0.3, -0.25) is 4.98 Å². The first-order chi connectivity index (χ1) is 15.8. The summed E-state index contributed by atoms with van der Waals surface area (Å²) in [6, 6.07) is 31.4. The highest BCUT2D eigenvalue weighted by Gasteiger charge is 2.03. The largest absolute Gasteiger partial charge is 0.385 e. The van der Waals surface area contributed by atoms with E-state index in [0.29, 0.717) is 0 Å². The van der Waals surface area contributed by atoms with E-state index in [4.69, 9.17) is 0 Å². The minimum absolute atomic E-state index is 0.829. The van der Waals surface area contributed by atoms with Crippen molar-refractivity contribution < 1.29 is 0 Å². The van der Waals surface area contributed by atoms with Gasteiger partial charge in [-0.05, 0) is 60.0 Å². The Morgan fingerprint density at radius 2 is 1.53 bits per heavy atom. The Bertz CT molecular complexity index is 1290. The Morgan fingerprint density at radius 1 is 0.750 bits per heavy atom. The molecule has 0 saturated heterocycles. The van der Waals surface area contributed by atoms with Gasteiger partial charge in [-0.15, -0.1) is 0 Å². The van der Waals surface area contributed by atoms with Crippen LogP contribution in [0.2, 0.25) is 0 Å². The van der Waals surface area contributed by atoms with E-state index >= 15 is 0 Å². The Balaban J connectivity index is 1.17. The summed E-state index contributed by atoms with van der Waals surface area (Å²) in [4.78, 5) is 7.86. The molecule has 158 valence electrons. The zero-order valence-corrected chi connectivity index (χ0v) is 17.9. The van der Waals surface area contributed by atoms with Crippen LogP contribution in [0.1, 0.15) is 16.8 Å². The lowest BCUT2D eigenvalue weighted by atomic mass is 10.1. The van der Waals surface area contributed by atoms with Crippen LogP contribution >= 0.6 is 0 Å². The maximum atomic E-state index is 4.51. The number of benzene rings is 3. The fourth-order valence-corrected chi connectivity index (χ4v) is 3.98. The fourth-order valence-electron chi connectivity index (χ4n) is 3.98. The van der Waals surface area contributed by atoms with Gasteiger partial charge in [-0.25, -0.2) is 0 Å². The number of hydrogen-bond acceptors (Lipinski definition) is 3. The van der Waals surface area contributed by atoms with E-state index in [1.54, 1.807) is 0 Å². The molecule has 0 radical (unpaired) electrons. The van der Waals surface area contributed by atoms with Crippen molar-refractivity contribution in [2.75, 3.05) is 17.2 Å². The monoisotopic (exact) mass is 418 g/mol. The van der Waals surface area contributed by atoms with Crippen molar-refractivity contribution in [1.29, 1.82) is 0 Å². The van der Waals surface area contributed by atoms with Crippen LogP contribution in [0.15, 0.2) is 103 Å². The van der Waals surface area contributed by atoms with Crippen LogP contribution in [0.4, 0.5) is 17.1 Å². The van der Waals surface area contributed by atoms with Crippen molar-refractivity contribution >= 4 is 28.0 Å². The molecule has 4 nitrogen and oxygen atoms in total. The smallest absolute Gasteiger partial charge is 0.0468 e. The van der Waals surface area contributed by atoms with Crippen LogP contribution in [0.5, 0.6) is 0 Å². The molecule has 0 unspecified atom stereocenters. The molecule has 0 spiro atoms. The van der Waals surface area contributed by atoms with Crippen molar-refractivity contribution in [1.82, 2.24) is 9.97 Å². The summed E-state index contributed by atoms with van der Waals surface area (Å²) in [6.07, 6.45) is 5.78. The van der Waals surface area contributed by atoms with Crippen molar-refractivity contribution in [2.45, 2.75) is 12.8 Å².